The van der Waals surface area contributed by atoms with Crippen LogP contribution in [0.1, 0.15) is 33.3 Å². The van der Waals surface area contributed by atoms with Crippen LogP contribution in [0.5, 0.6) is 17.2 Å². The molecule has 3 aliphatic heterocycles. The Hall–Kier alpha value is -3.84. The molecule has 0 saturated heterocycles. The summed E-state index contributed by atoms with van der Waals surface area (Å²) in [5.41, 5.74) is 2.08. The van der Waals surface area contributed by atoms with Gasteiger partial charge in [-0.05, 0) is 0 Å². The number of pyridine rings is 1. The topological polar surface area (TPSA) is 37.8 Å². The van der Waals surface area contributed by atoms with Gasteiger partial charge in [-0.25, -0.2) is 0 Å². The minimum absolute atomic E-state index is 0.0102. The van der Waals surface area contributed by atoms with Crippen LogP contribution in [0.4, 0.5) is 0 Å². The van der Waals surface area contributed by atoms with Crippen LogP contribution in [0.25, 0.3) is 10.9 Å². The zero-order chi connectivity index (χ0) is 24.1. The normalized spacial score (nSPS) is 21.6. The molecule has 0 N–H and O–H groups in total. The van der Waals surface area contributed by atoms with E-state index in [4.69, 9.17) is 13.3 Å². The number of para-hydroxylation sites is 3. The van der Waals surface area contributed by atoms with E-state index in [0.717, 1.165) is 28.1 Å². The quantitative estimate of drug-likeness (QED) is 0.394. The molecule has 6 nitrogen and oxygen atoms in total. The van der Waals surface area contributed by atoms with E-state index in [2.05, 4.69) is 89.4 Å². The summed E-state index contributed by atoms with van der Waals surface area (Å²) in [4.78, 5) is 0. The molecule has 7 heteroatoms. The number of rotatable bonds is 3. The fourth-order valence-electron chi connectivity index (χ4n) is 6.87. The Bertz CT molecular complexity index is 1570. The van der Waals surface area contributed by atoms with Crippen LogP contribution in [0.2, 0.25) is 0 Å². The summed E-state index contributed by atoms with van der Waals surface area (Å²) in [5.74, 6) is 3.20. The molecule has 0 bridgehead atoms. The third-order valence-electron chi connectivity index (χ3n) is 7.67. The molecule has 0 unspecified atom stereocenters. The summed E-state index contributed by atoms with van der Waals surface area (Å²) in [5, 5.41) is 1.08. The molecule has 0 saturated carbocycles. The van der Waals surface area contributed by atoms with Crippen molar-refractivity contribution >= 4 is 24.6 Å². The second-order valence-electron chi connectivity index (χ2n) is 10.3. The molecule has 1 aromatic heterocycles. The number of hydrogen-bond donors (Lipinski definition) is 0. The minimum atomic E-state index is -5.47. The van der Waals surface area contributed by atoms with Gasteiger partial charge in [-0.15, -0.1) is 0 Å². The molecule has 3 aromatic carbocycles. The predicted octanol–water partition coefficient (Wildman–Crippen LogP) is 4.77. The van der Waals surface area contributed by atoms with Gasteiger partial charge in [0, 0.05) is 0 Å². The van der Waals surface area contributed by atoms with Gasteiger partial charge in [-0.1, -0.05) is 0 Å². The molecule has 0 aliphatic carbocycles. The fraction of sp³-hybridized carbons (Fsp3) is 0.214. The number of fused-ring (bicyclic) bond motifs is 1. The van der Waals surface area contributed by atoms with Crippen molar-refractivity contribution in [1.29, 1.82) is 0 Å². The van der Waals surface area contributed by atoms with Crippen molar-refractivity contribution in [2.24, 2.45) is 0 Å². The van der Waals surface area contributed by atoms with Crippen molar-refractivity contribution in [3.8, 4) is 17.2 Å². The molecule has 7 rings (SSSR count). The van der Waals surface area contributed by atoms with Crippen LogP contribution in [-0.4, -0.2) is 34.6 Å². The fourth-order valence-corrected chi connectivity index (χ4v) is 15.0. The Morgan fingerprint density at radius 3 is 1.94 bits per heavy atom. The van der Waals surface area contributed by atoms with Gasteiger partial charge in [0.1, 0.15) is 0 Å². The van der Waals surface area contributed by atoms with Crippen molar-refractivity contribution in [2.45, 2.75) is 39.8 Å². The standard InChI is InChI=1S/C28H29N3O3Si/c1-20(2)30-28(23-12-6-5-7-13-23)31(21(3)4)35(30,32-24-16-8-9-17-25(24)33-35)29-19-11-15-22-14-10-18-26(34-35)27(22)29/h5-21H,1-4H3. The number of benzene rings is 3. The average molecular weight is 484 g/mol. The molecule has 0 radical (unpaired) electrons. The van der Waals surface area contributed by atoms with Crippen LogP contribution in [0.15, 0.2) is 91.1 Å². The molecule has 0 atom stereocenters. The molecule has 35 heavy (non-hydrogen) atoms. The monoisotopic (exact) mass is 483 g/mol. The van der Waals surface area contributed by atoms with Gasteiger partial charge in [0.05, 0.1) is 0 Å². The molecule has 4 heterocycles. The van der Waals surface area contributed by atoms with Crippen molar-refractivity contribution in [3.63, 3.8) is 0 Å². The Morgan fingerprint density at radius 2 is 1.29 bits per heavy atom. The van der Waals surface area contributed by atoms with Crippen LogP contribution in [0.3, 0.4) is 0 Å². The molecule has 178 valence electrons. The molecule has 0 fully saturated rings. The maximum atomic E-state index is 7.37. The van der Waals surface area contributed by atoms with Gasteiger partial charge in [0.25, 0.3) is 0 Å². The molecule has 1 spiro atoms. The zero-order valence-corrected chi connectivity index (χ0v) is 21.4. The van der Waals surface area contributed by atoms with Crippen LogP contribution in [0, 0.1) is 0 Å². The predicted molar refractivity (Wildman–Crippen MR) is 137 cm³/mol. The van der Waals surface area contributed by atoms with Gasteiger partial charge < -0.3 is 0 Å². The summed E-state index contributed by atoms with van der Waals surface area (Å²) in [6.07, 6.45) is 2.07. The van der Waals surface area contributed by atoms with Gasteiger partial charge in [-0.2, -0.15) is 0 Å². The third kappa shape index (κ3) is 1.97. The second kappa shape index (κ2) is 6.04. The van der Waals surface area contributed by atoms with E-state index in [1.165, 1.54) is 0 Å². The number of nitrogens with zero attached hydrogens (tertiary/aromatic N) is 3. The van der Waals surface area contributed by atoms with E-state index >= 15 is 0 Å². The first kappa shape index (κ1) is 20.5. The number of aromatic nitrogens is 1. The van der Waals surface area contributed by atoms with Crippen LogP contribution >= 0.6 is 0 Å². The van der Waals surface area contributed by atoms with Gasteiger partial charge >= 0.3 is 205 Å². The van der Waals surface area contributed by atoms with Gasteiger partial charge in [0.2, 0.25) is 0 Å². The van der Waals surface area contributed by atoms with Crippen molar-refractivity contribution in [2.75, 3.05) is 0 Å². The average Bonchev–Trinajstić information content (AvgIpc) is 3.31. The van der Waals surface area contributed by atoms with Crippen LogP contribution < -0.4 is 17.5 Å². The summed E-state index contributed by atoms with van der Waals surface area (Å²) in [6, 6.07) is 28.7. The van der Waals surface area contributed by atoms with Crippen molar-refractivity contribution < 1.29 is 21.8 Å². The maximum absolute atomic E-state index is 7.37. The molecular weight excluding hydrogens is 454 g/mol. The van der Waals surface area contributed by atoms with Crippen LogP contribution in [-0.2, 0) is 0 Å². The molecule has 4 aromatic rings. The SMILES string of the molecule is CC(C)N1C(c2ccccc2)=[N+](C(C)C)[Si-2]123(Oc1ccccc1O2)Oc1cccc2ccc[n+]3c12. The first-order chi connectivity index (χ1) is 16.9. The zero-order valence-electron chi connectivity index (χ0n) is 20.4. The first-order valence-electron chi connectivity index (χ1n) is 12.3. The van der Waals surface area contributed by atoms with E-state index in [0.29, 0.717) is 11.5 Å². The van der Waals surface area contributed by atoms with E-state index in [1.807, 2.05) is 42.5 Å². The summed E-state index contributed by atoms with van der Waals surface area (Å²) < 4.78 is 28.9. The van der Waals surface area contributed by atoms with Gasteiger partial charge in [-0.3, -0.25) is 0 Å². The van der Waals surface area contributed by atoms with Crippen molar-refractivity contribution in [3.05, 3.63) is 96.7 Å². The second-order valence-corrected chi connectivity index (χ2v) is 15.1. The van der Waals surface area contributed by atoms with Gasteiger partial charge in [0.15, 0.2) is 0 Å². The Morgan fingerprint density at radius 1 is 0.686 bits per heavy atom. The summed E-state index contributed by atoms with van der Waals surface area (Å²) in [6.45, 7) is 8.72. The third-order valence-corrected chi connectivity index (χ3v) is 14.5. The summed E-state index contributed by atoms with van der Waals surface area (Å²) in [7, 11) is -5.47. The molecular formula is C28H29N3O3Si. The van der Waals surface area contributed by atoms with Crippen molar-refractivity contribution in [1.82, 2.24) is 4.57 Å². The Kier molecular flexibility index (Phi) is 3.54. The van der Waals surface area contributed by atoms with E-state index in [9.17, 15) is 0 Å². The summed E-state index contributed by atoms with van der Waals surface area (Å²) >= 11 is 0. The molecule has 3 aliphatic rings. The number of amidine groups is 1. The Labute approximate surface area is 204 Å². The number of hydrogen-bond acceptors (Lipinski definition) is 4. The Balaban J connectivity index is 1.72. The van der Waals surface area contributed by atoms with E-state index < -0.39 is 7.84 Å². The van der Waals surface area contributed by atoms with E-state index in [-0.39, 0.29) is 12.1 Å². The van der Waals surface area contributed by atoms with E-state index in [1.54, 1.807) is 0 Å². The molecule has 0 amide bonds. The first-order valence-corrected chi connectivity index (χ1v) is 14.9.